The van der Waals surface area contributed by atoms with Gasteiger partial charge in [-0.25, -0.2) is 0 Å². The molecule has 0 bridgehead atoms. The summed E-state index contributed by atoms with van der Waals surface area (Å²) in [5.74, 6) is -1.80. The summed E-state index contributed by atoms with van der Waals surface area (Å²) in [5.41, 5.74) is -0.973. The topological polar surface area (TPSA) is 94.8 Å². The largest absolute Gasteiger partial charge is 0.481 e. The van der Waals surface area contributed by atoms with Crippen LogP contribution in [-0.2, 0) is 9.59 Å². The predicted molar refractivity (Wildman–Crippen MR) is 83.1 cm³/mol. The Balaban J connectivity index is 0. The van der Waals surface area contributed by atoms with E-state index in [1.807, 2.05) is 27.7 Å². The number of hydrogen-bond donors (Lipinski definition) is 3. The molecule has 0 aliphatic rings. The van der Waals surface area contributed by atoms with E-state index in [4.69, 9.17) is 10.2 Å². The number of aliphatic carboxylic acids is 2. The lowest BCUT2D eigenvalue weighted by Gasteiger charge is -2.34. The van der Waals surface area contributed by atoms with Gasteiger partial charge in [0, 0.05) is 0 Å². The van der Waals surface area contributed by atoms with Crippen molar-refractivity contribution in [1.29, 1.82) is 0 Å². The second-order valence-corrected chi connectivity index (χ2v) is 7.67. The molecule has 0 aliphatic carbocycles. The molecule has 0 heterocycles. The van der Waals surface area contributed by atoms with Crippen molar-refractivity contribution in [2.45, 2.75) is 67.9 Å². The smallest absolute Gasteiger partial charge is 0.309 e. The van der Waals surface area contributed by atoms with Gasteiger partial charge in [-0.3, -0.25) is 9.59 Å². The van der Waals surface area contributed by atoms with Gasteiger partial charge in [-0.15, -0.1) is 0 Å². The van der Waals surface area contributed by atoms with Gasteiger partial charge in [0.05, 0.1) is 17.4 Å². The van der Waals surface area contributed by atoms with E-state index in [2.05, 4.69) is 0 Å². The molecule has 5 heteroatoms. The summed E-state index contributed by atoms with van der Waals surface area (Å²) >= 11 is 0. The van der Waals surface area contributed by atoms with E-state index in [-0.39, 0.29) is 17.3 Å². The van der Waals surface area contributed by atoms with Crippen LogP contribution in [0.2, 0.25) is 0 Å². The van der Waals surface area contributed by atoms with Gasteiger partial charge in [0.15, 0.2) is 0 Å². The third-order valence-electron chi connectivity index (χ3n) is 3.33. The van der Waals surface area contributed by atoms with Gasteiger partial charge < -0.3 is 15.3 Å². The molecule has 3 N–H and O–H groups in total. The third-order valence-corrected chi connectivity index (χ3v) is 3.33. The van der Waals surface area contributed by atoms with Crippen molar-refractivity contribution in [3.63, 3.8) is 0 Å². The first kappa shape index (κ1) is 22.2. The van der Waals surface area contributed by atoms with Gasteiger partial charge in [-0.1, -0.05) is 41.5 Å². The van der Waals surface area contributed by atoms with Crippen LogP contribution in [0, 0.1) is 22.7 Å². The van der Waals surface area contributed by atoms with Gasteiger partial charge in [0.2, 0.25) is 0 Å². The van der Waals surface area contributed by atoms with E-state index in [1.54, 1.807) is 27.7 Å². The average molecular weight is 304 g/mol. The normalized spacial score (nSPS) is 15.0. The molecule has 0 saturated carbocycles. The van der Waals surface area contributed by atoms with Crippen LogP contribution in [-0.4, -0.2) is 33.4 Å². The molecule has 0 aromatic rings. The molecule has 5 nitrogen and oxygen atoms in total. The Bertz CT molecular complexity index is 339. The number of aliphatic hydroxyl groups is 1. The number of carboxylic acids is 2. The Morgan fingerprint density at radius 3 is 1.48 bits per heavy atom. The Kier molecular flexibility index (Phi) is 8.84. The van der Waals surface area contributed by atoms with Gasteiger partial charge in [-0.2, -0.15) is 0 Å². The van der Waals surface area contributed by atoms with Gasteiger partial charge >= 0.3 is 11.9 Å². The maximum absolute atomic E-state index is 10.9. The van der Waals surface area contributed by atoms with Crippen LogP contribution < -0.4 is 0 Å². The maximum Gasteiger partial charge on any atom is 0.309 e. The average Bonchev–Trinajstić information content (AvgIpc) is 2.26. The Morgan fingerprint density at radius 1 is 0.952 bits per heavy atom. The first-order valence-electron chi connectivity index (χ1n) is 7.27. The van der Waals surface area contributed by atoms with E-state index < -0.39 is 23.5 Å². The summed E-state index contributed by atoms with van der Waals surface area (Å²) in [5, 5.41) is 27.0. The van der Waals surface area contributed by atoms with Crippen molar-refractivity contribution in [1.82, 2.24) is 0 Å². The molecular formula is C16H32O5. The van der Waals surface area contributed by atoms with Crippen molar-refractivity contribution < 1.29 is 24.9 Å². The molecule has 2 atom stereocenters. The molecule has 2 unspecified atom stereocenters. The van der Waals surface area contributed by atoms with Crippen LogP contribution in [0.25, 0.3) is 0 Å². The minimum Gasteiger partial charge on any atom is -0.481 e. The zero-order valence-corrected chi connectivity index (χ0v) is 14.6. The van der Waals surface area contributed by atoms with Crippen molar-refractivity contribution in [2.24, 2.45) is 22.7 Å². The van der Waals surface area contributed by atoms with E-state index in [0.29, 0.717) is 6.42 Å². The number of carbonyl (C=O) groups is 2. The van der Waals surface area contributed by atoms with Gasteiger partial charge in [0.1, 0.15) is 0 Å². The van der Waals surface area contributed by atoms with Crippen LogP contribution in [0.15, 0.2) is 0 Å². The summed E-state index contributed by atoms with van der Waals surface area (Å²) in [6.45, 7) is 14.5. The second kappa shape index (κ2) is 8.37. The van der Waals surface area contributed by atoms with Crippen molar-refractivity contribution in [3.05, 3.63) is 0 Å². The molecule has 0 rings (SSSR count). The van der Waals surface area contributed by atoms with E-state index >= 15 is 0 Å². The standard InChI is InChI=1S/C12H24O3.C4H8O2/c1-8(9(13)11(2,3)4)7-12(5,6)10(14)15;1-3(2)4(5)6/h8-9,13H,7H2,1-6H3,(H,14,15);3H,1-2H3,(H,5,6). The molecule has 126 valence electrons. The van der Waals surface area contributed by atoms with Crippen LogP contribution >= 0.6 is 0 Å². The summed E-state index contributed by atoms with van der Waals surface area (Å²) < 4.78 is 0. The fourth-order valence-corrected chi connectivity index (χ4v) is 1.86. The van der Waals surface area contributed by atoms with E-state index in [0.717, 1.165) is 0 Å². The van der Waals surface area contributed by atoms with Crippen molar-refractivity contribution >= 4 is 11.9 Å². The summed E-state index contributed by atoms with van der Waals surface area (Å²) in [6, 6.07) is 0. The highest BCUT2D eigenvalue weighted by atomic mass is 16.4. The molecule has 0 aromatic heterocycles. The first-order chi connectivity index (χ1) is 9.12. The maximum atomic E-state index is 10.9. The highest BCUT2D eigenvalue weighted by Crippen LogP contribution is 2.33. The molecular weight excluding hydrogens is 272 g/mol. The quantitative estimate of drug-likeness (QED) is 0.724. The predicted octanol–water partition coefficient (Wildman–Crippen LogP) is 3.26. The van der Waals surface area contributed by atoms with Crippen LogP contribution in [0.5, 0.6) is 0 Å². The molecule has 0 aromatic carbocycles. The lowest BCUT2D eigenvalue weighted by atomic mass is 9.75. The fourth-order valence-electron chi connectivity index (χ4n) is 1.86. The third kappa shape index (κ3) is 9.45. The Morgan fingerprint density at radius 2 is 1.29 bits per heavy atom. The number of hydrogen-bond acceptors (Lipinski definition) is 3. The van der Waals surface area contributed by atoms with Crippen LogP contribution in [0.4, 0.5) is 0 Å². The fraction of sp³-hybridized carbons (Fsp3) is 0.875. The lowest BCUT2D eigenvalue weighted by Crippen LogP contribution is -2.36. The SMILES string of the molecule is CC(C)C(=O)O.CC(CC(C)(C)C(=O)O)C(O)C(C)(C)C. The van der Waals surface area contributed by atoms with Crippen LogP contribution in [0.1, 0.15) is 61.8 Å². The summed E-state index contributed by atoms with van der Waals surface area (Å²) in [4.78, 5) is 20.6. The Hall–Kier alpha value is -1.10. The molecule has 0 spiro atoms. The minimum atomic E-state index is -0.810. The van der Waals surface area contributed by atoms with Crippen molar-refractivity contribution in [2.75, 3.05) is 0 Å². The second-order valence-electron chi connectivity index (χ2n) is 7.67. The number of aliphatic hydroxyl groups excluding tert-OH is 1. The zero-order valence-electron chi connectivity index (χ0n) is 14.6. The van der Waals surface area contributed by atoms with Gasteiger partial charge in [0.25, 0.3) is 0 Å². The van der Waals surface area contributed by atoms with Crippen molar-refractivity contribution in [3.8, 4) is 0 Å². The summed E-state index contributed by atoms with van der Waals surface area (Å²) in [6.07, 6.45) is 0.0111. The monoisotopic (exact) mass is 304 g/mol. The highest BCUT2D eigenvalue weighted by molar-refractivity contribution is 5.73. The first-order valence-corrected chi connectivity index (χ1v) is 7.27. The summed E-state index contributed by atoms with van der Waals surface area (Å²) in [7, 11) is 0. The zero-order chi connectivity index (χ0) is 17.6. The van der Waals surface area contributed by atoms with E-state index in [9.17, 15) is 14.7 Å². The molecule has 0 radical (unpaired) electrons. The number of carboxylic acid groups (broad SMARTS) is 2. The minimum absolute atomic E-state index is 0.0175. The number of rotatable bonds is 5. The molecule has 0 amide bonds. The molecule has 21 heavy (non-hydrogen) atoms. The molecule has 0 saturated heterocycles. The van der Waals surface area contributed by atoms with Gasteiger partial charge in [-0.05, 0) is 31.6 Å². The molecule has 0 aliphatic heterocycles. The molecule has 0 fully saturated rings. The van der Waals surface area contributed by atoms with E-state index in [1.165, 1.54) is 0 Å². The highest BCUT2D eigenvalue weighted by Gasteiger charge is 2.35. The lowest BCUT2D eigenvalue weighted by molar-refractivity contribution is -0.148. The van der Waals surface area contributed by atoms with Crippen LogP contribution in [0.3, 0.4) is 0 Å². The Labute approximate surface area is 128 Å².